The van der Waals surface area contributed by atoms with Gasteiger partial charge in [-0.1, -0.05) is 11.6 Å². The highest BCUT2D eigenvalue weighted by Gasteiger charge is 2.13. The van der Waals surface area contributed by atoms with E-state index in [0.717, 1.165) is 0 Å². The van der Waals surface area contributed by atoms with Gasteiger partial charge in [0.05, 0.1) is 12.7 Å². The molecule has 0 aliphatic heterocycles. The van der Waals surface area contributed by atoms with Gasteiger partial charge in [-0.15, -0.1) is 0 Å². The van der Waals surface area contributed by atoms with Crippen molar-refractivity contribution >= 4 is 17.6 Å². The Labute approximate surface area is 115 Å². The number of nitrogens with zero attached hydrogens (tertiary/aromatic N) is 1. The molecule has 1 aromatic heterocycles. The van der Waals surface area contributed by atoms with Crippen LogP contribution in [0.5, 0.6) is 0 Å². The fraction of sp³-hybridized carbons (Fsp3) is 0.143. The van der Waals surface area contributed by atoms with Crippen molar-refractivity contribution in [3.05, 3.63) is 64.2 Å². The van der Waals surface area contributed by atoms with Gasteiger partial charge in [0.15, 0.2) is 0 Å². The number of carbonyl (C=O) groups is 1. The summed E-state index contributed by atoms with van der Waals surface area (Å²) in [4.78, 5) is 15.6. The summed E-state index contributed by atoms with van der Waals surface area (Å²) in [6.07, 6.45) is 3.24. The maximum absolute atomic E-state index is 13.7. The molecule has 0 spiro atoms. The highest BCUT2D eigenvalue weighted by molar-refractivity contribution is 6.30. The van der Waals surface area contributed by atoms with Crippen molar-refractivity contribution in [2.24, 2.45) is 0 Å². The Morgan fingerprint density at radius 3 is 2.89 bits per heavy atom. The highest BCUT2D eigenvalue weighted by Crippen LogP contribution is 2.20. The van der Waals surface area contributed by atoms with Gasteiger partial charge < -0.3 is 4.74 Å². The molecule has 0 radical (unpaired) electrons. The average Bonchev–Trinajstić information content (AvgIpc) is 2.42. The normalized spacial score (nSPS) is 10.3. The van der Waals surface area contributed by atoms with Crippen LogP contribution in [0, 0.1) is 5.82 Å². The SMILES string of the molecule is COC(=O)c1ccncc1Cc1cc(Cl)ccc1F. The van der Waals surface area contributed by atoms with E-state index in [9.17, 15) is 9.18 Å². The first-order valence-electron chi connectivity index (χ1n) is 5.57. The van der Waals surface area contributed by atoms with Gasteiger partial charge >= 0.3 is 5.97 Å². The van der Waals surface area contributed by atoms with E-state index in [1.807, 2.05) is 0 Å². The molecule has 0 aliphatic carbocycles. The number of ether oxygens (including phenoxy) is 1. The summed E-state index contributed by atoms with van der Waals surface area (Å²) in [5.41, 5.74) is 1.37. The molecule has 5 heteroatoms. The maximum Gasteiger partial charge on any atom is 0.338 e. The van der Waals surface area contributed by atoms with Gasteiger partial charge in [0, 0.05) is 23.8 Å². The topological polar surface area (TPSA) is 39.2 Å². The first-order chi connectivity index (χ1) is 9.11. The second kappa shape index (κ2) is 5.80. The molecule has 0 atom stereocenters. The fourth-order valence-corrected chi connectivity index (χ4v) is 1.96. The molecule has 1 aromatic carbocycles. The van der Waals surface area contributed by atoms with E-state index in [1.54, 1.807) is 6.07 Å². The Balaban J connectivity index is 2.38. The molecule has 2 rings (SSSR count). The summed E-state index contributed by atoms with van der Waals surface area (Å²) in [5, 5.41) is 0.444. The number of benzene rings is 1. The van der Waals surface area contributed by atoms with Gasteiger partial charge in [-0.2, -0.15) is 0 Å². The summed E-state index contributed by atoms with van der Waals surface area (Å²) in [7, 11) is 1.30. The van der Waals surface area contributed by atoms with Gasteiger partial charge in [-0.3, -0.25) is 4.98 Å². The number of hydrogen-bond acceptors (Lipinski definition) is 3. The minimum atomic E-state index is -0.472. The van der Waals surface area contributed by atoms with Gasteiger partial charge in [0.2, 0.25) is 0 Å². The second-order valence-electron chi connectivity index (χ2n) is 3.94. The molecule has 0 amide bonds. The molecule has 3 nitrogen and oxygen atoms in total. The van der Waals surface area contributed by atoms with Crippen LogP contribution in [0.25, 0.3) is 0 Å². The van der Waals surface area contributed by atoms with Crippen LogP contribution in [0.15, 0.2) is 36.7 Å². The average molecular weight is 280 g/mol. The molecule has 1 heterocycles. The van der Waals surface area contributed by atoms with E-state index < -0.39 is 5.97 Å². The third-order valence-corrected chi connectivity index (χ3v) is 2.93. The van der Waals surface area contributed by atoms with Crippen LogP contribution >= 0.6 is 11.6 Å². The predicted octanol–water partition coefficient (Wildman–Crippen LogP) is 3.25. The number of esters is 1. The summed E-state index contributed by atoms with van der Waals surface area (Å²) < 4.78 is 18.4. The number of methoxy groups -OCH3 is 1. The maximum atomic E-state index is 13.7. The fourth-order valence-electron chi connectivity index (χ4n) is 1.76. The lowest BCUT2D eigenvalue weighted by Gasteiger charge is -2.08. The molecule has 0 unspecified atom stereocenters. The molecular formula is C14H11ClFNO2. The van der Waals surface area contributed by atoms with E-state index in [-0.39, 0.29) is 12.2 Å². The van der Waals surface area contributed by atoms with Crippen molar-refractivity contribution < 1.29 is 13.9 Å². The lowest BCUT2D eigenvalue weighted by Crippen LogP contribution is -2.07. The number of halogens is 2. The zero-order chi connectivity index (χ0) is 13.8. The smallest absolute Gasteiger partial charge is 0.338 e. The number of rotatable bonds is 3. The van der Waals surface area contributed by atoms with Crippen molar-refractivity contribution in [1.82, 2.24) is 4.98 Å². The molecule has 19 heavy (non-hydrogen) atoms. The Kier molecular flexibility index (Phi) is 4.12. The molecule has 0 saturated carbocycles. The lowest BCUT2D eigenvalue weighted by atomic mass is 10.0. The van der Waals surface area contributed by atoms with Gasteiger partial charge in [0.1, 0.15) is 5.82 Å². The van der Waals surface area contributed by atoms with Crippen molar-refractivity contribution in [2.45, 2.75) is 6.42 Å². The minimum Gasteiger partial charge on any atom is -0.465 e. The summed E-state index contributed by atoms with van der Waals surface area (Å²) >= 11 is 5.84. The largest absolute Gasteiger partial charge is 0.465 e. The highest BCUT2D eigenvalue weighted by atomic mass is 35.5. The predicted molar refractivity (Wildman–Crippen MR) is 69.8 cm³/mol. The zero-order valence-electron chi connectivity index (χ0n) is 10.2. The van der Waals surface area contributed by atoms with Crippen LogP contribution in [0.3, 0.4) is 0 Å². The minimum absolute atomic E-state index is 0.227. The Hall–Kier alpha value is -1.94. The third kappa shape index (κ3) is 3.09. The number of aromatic nitrogens is 1. The van der Waals surface area contributed by atoms with E-state index in [4.69, 9.17) is 11.6 Å². The lowest BCUT2D eigenvalue weighted by molar-refractivity contribution is 0.0599. The van der Waals surface area contributed by atoms with Crippen LogP contribution in [-0.4, -0.2) is 18.1 Å². The summed E-state index contributed by atoms with van der Waals surface area (Å²) in [5.74, 6) is -0.844. The van der Waals surface area contributed by atoms with Crippen LogP contribution in [0.1, 0.15) is 21.5 Å². The molecule has 0 aliphatic rings. The van der Waals surface area contributed by atoms with Crippen molar-refractivity contribution in [2.75, 3.05) is 7.11 Å². The standard InChI is InChI=1S/C14H11ClFNO2/c1-19-14(18)12-4-5-17-8-10(12)6-9-7-11(15)2-3-13(9)16/h2-5,7-8H,6H2,1H3. The second-order valence-corrected chi connectivity index (χ2v) is 4.37. The van der Waals surface area contributed by atoms with Crippen molar-refractivity contribution in [3.63, 3.8) is 0 Å². The zero-order valence-corrected chi connectivity index (χ0v) is 10.9. The first kappa shape index (κ1) is 13.5. The van der Waals surface area contributed by atoms with Crippen LogP contribution < -0.4 is 0 Å². The number of pyridine rings is 1. The summed E-state index contributed by atoms with van der Waals surface area (Å²) in [6.45, 7) is 0. The van der Waals surface area contributed by atoms with Gasteiger partial charge in [-0.25, -0.2) is 9.18 Å². The van der Waals surface area contributed by atoms with Gasteiger partial charge in [0.25, 0.3) is 0 Å². The number of carbonyl (C=O) groups excluding carboxylic acids is 1. The summed E-state index contributed by atoms with van der Waals surface area (Å²) in [6, 6.07) is 5.85. The van der Waals surface area contributed by atoms with E-state index in [1.165, 1.54) is 37.7 Å². The van der Waals surface area contributed by atoms with E-state index in [0.29, 0.717) is 21.7 Å². The number of hydrogen-bond donors (Lipinski definition) is 0. The molecule has 0 bridgehead atoms. The molecule has 2 aromatic rings. The molecule has 0 N–H and O–H groups in total. The first-order valence-corrected chi connectivity index (χ1v) is 5.94. The Bertz CT molecular complexity index is 616. The Morgan fingerprint density at radius 1 is 1.37 bits per heavy atom. The quantitative estimate of drug-likeness (QED) is 0.810. The van der Waals surface area contributed by atoms with Crippen molar-refractivity contribution in [3.8, 4) is 0 Å². The monoisotopic (exact) mass is 279 g/mol. The van der Waals surface area contributed by atoms with Crippen LogP contribution in [-0.2, 0) is 11.2 Å². The Morgan fingerprint density at radius 2 is 2.16 bits per heavy atom. The van der Waals surface area contributed by atoms with Crippen LogP contribution in [0.4, 0.5) is 4.39 Å². The third-order valence-electron chi connectivity index (χ3n) is 2.70. The molecule has 0 saturated heterocycles. The van der Waals surface area contributed by atoms with E-state index >= 15 is 0 Å². The molecule has 0 fully saturated rings. The van der Waals surface area contributed by atoms with Crippen molar-refractivity contribution in [1.29, 1.82) is 0 Å². The molecule has 98 valence electrons. The molecular weight excluding hydrogens is 269 g/mol. The van der Waals surface area contributed by atoms with Crippen LogP contribution in [0.2, 0.25) is 5.02 Å². The van der Waals surface area contributed by atoms with Gasteiger partial charge in [-0.05, 0) is 35.4 Å². The van der Waals surface area contributed by atoms with E-state index in [2.05, 4.69) is 9.72 Å².